The SMILES string of the molecule is COc1ccccc1N(C)c1cnccc1CN. The summed E-state index contributed by atoms with van der Waals surface area (Å²) >= 11 is 0. The lowest BCUT2D eigenvalue weighted by Crippen LogP contribution is -2.14. The Bertz CT molecular complexity index is 480. The number of hydrogen-bond acceptors (Lipinski definition) is 4. The first kappa shape index (κ1) is 12.4. The summed E-state index contributed by atoms with van der Waals surface area (Å²) in [5.41, 5.74) is 8.78. The number of pyridine rings is 1. The highest BCUT2D eigenvalue weighted by Gasteiger charge is 2.12. The zero-order valence-electron chi connectivity index (χ0n) is 10.6. The van der Waals surface area contributed by atoms with Crippen LogP contribution >= 0.6 is 0 Å². The van der Waals surface area contributed by atoms with E-state index in [1.165, 1.54) is 0 Å². The van der Waals surface area contributed by atoms with Crippen LogP contribution in [-0.2, 0) is 6.54 Å². The molecule has 0 radical (unpaired) electrons. The summed E-state index contributed by atoms with van der Waals surface area (Å²) in [4.78, 5) is 6.19. The molecule has 18 heavy (non-hydrogen) atoms. The second kappa shape index (κ2) is 5.51. The van der Waals surface area contributed by atoms with Gasteiger partial charge in [0.15, 0.2) is 0 Å². The van der Waals surface area contributed by atoms with Crippen LogP contribution in [0, 0.1) is 0 Å². The van der Waals surface area contributed by atoms with E-state index in [0.29, 0.717) is 6.54 Å². The van der Waals surface area contributed by atoms with Crippen molar-refractivity contribution in [1.29, 1.82) is 0 Å². The number of methoxy groups -OCH3 is 1. The molecule has 0 atom stereocenters. The molecule has 2 aromatic rings. The number of anilines is 2. The molecule has 2 rings (SSSR count). The molecule has 2 N–H and O–H groups in total. The van der Waals surface area contributed by atoms with Crippen molar-refractivity contribution in [2.75, 3.05) is 19.1 Å². The third-order valence-corrected chi connectivity index (χ3v) is 2.92. The van der Waals surface area contributed by atoms with Gasteiger partial charge in [-0.1, -0.05) is 12.1 Å². The van der Waals surface area contributed by atoms with E-state index in [4.69, 9.17) is 10.5 Å². The number of nitrogens with zero attached hydrogens (tertiary/aromatic N) is 2. The van der Waals surface area contributed by atoms with Crippen molar-refractivity contribution >= 4 is 11.4 Å². The van der Waals surface area contributed by atoms with Gasteiger partial charge in [0.25, 0.3) is 0 Å². The van der Waals surface area contributed by atoms with E-state index >= 15 is 0 Å². The van der Waals surface area contributed by atoms with Gasteiger partial charge in [0.2, 0.25) is 0 Å². The summed E-state index contributed by atoms with van der Waals surface area (Å²) in [6.45, 7) is 0.483. The van der Waals surface area contributed by atoms with Gasteiger partial charge in [0.1, 0.15) is 5.75 Å². The lowest BCUT2D eigenvalue weighted by molar-refractivity contribution is 0.415. The van der Waals surface area contributed by atoms with E-state index in [2.05, 4.69) is 4.98 Å². The number of rotatable bonds is 4. The molecule has 1 aromatic carbocycles. The Hall–Kier alpha value is -2.07. The van der Waals surface area contributed by atoms with E-state index in [9.17, 15) is 0 Å². The molecule has 0 fully saturated rings. The molecule has 0 spiro atoms. The van der Waals surface area contributed by atoms with E-state index < -0.39 is 0 Å². The fourth-order valence-corrected chi connectivity index (χ4v) is 1.93. The minimum absolute atomic E-state index is 0.483. The fourth-order valence-electron chi connectivity index (χ4n) is 1.93. The topological polar surface area (TPSA) is 51.4 Å². The lowest BCUT2D eigenvalue weighted by Gasteiger charge is -2.23. The molecule has 0 amide bonds. The van der Waals surface area contributed by atoms with Gasteiger partial charge in [0, 0.05) is 19.8 Å². The lowest BCUT2D eigenvalue weighted by atomic mass is 10.2. The first-order valence-corrected chi connectivity index (χ1v) is 5.77. The first-order chi connectivity index (χ1) is 8.77. The molecule has 4 nitrogen and oxygen atoms in total. The Labute approximate surface area is 107 Å². The Kier molecular flexibility index (Phi) is 3.79. The largest absolute Gasteiger partial charge is 0.495 e. The van der Waals surface area contributed by atoms with Crippen molar-refractivity contribution in [1.82, 2.24) is 4.98 Å². The number of nitrogens with two attached hydrogens (primary N) is 1. The van der Waals surface area contributed by atoms with Crippen molar-refractivity contribution in [3.05, 3.63) is 48.3 Å². The molecule has 0 aliphatic heterocycles. The molecular formula is C14H17N3O. The van der Waals surface area contributed by atoms with Gasteiger partial charge in [-0.05, 0) is 23.8 Å². The average molecular weight is 243 g/mol. The van der Waals surface area contributed by atoms with Crippen LogP contribution < -0.4 is 15.4 Å². The van der Waals surface area contributed by atoms with Crippen LogP contribution in [-0.4, -0.2) is 19.1 Å². The molecule has 0 aliphatic carbocycles. The molecule has 0 bridgehead atoms. The van der Waals surface area contributed by atoms with Gasteiger partial charge in [-0.15, -0.1) is 0 Å². The second-order valence-electron chi connectivity index (χ2n) is 3.94. The molecule has 1 heterocycles. The second-order valence-corrected chi connectivity index (χ2v) is 3.94. The monoisotopic (exact) mass is 243 g/mol. The maximum Gasteiger partial charge on any atom is 0.142 e. The molecule has 0 saturated heterocycles. The summed E-state index contributed by atoms with van der Waals surface area (Å²) in [5, 5.41) is 0. The predicted molar refractivity (Wildman–Crippen MR) is 73.2 cm³/mol. The molecule has 0 saturated carbocycles. The summed E-state index contributed by atoms with van der Waals surface area (Å²) < 4.78 is 5.37. The smallest absolute Gasteiger partial charge is 0.142 e. The number of ether oxygens (including phenoxy) is 1. The Morgan fingerprint density at radius 2 is 2.00 bits per heavy atom. The van der Waals surface area contributed by atoms with E-state index in [1.54, 1.807) is 13.3 Å². The Morgan fingerprint density at radius 3 is 2.72 bits per heavy atom. The first-order valence-electron chi connectivity index (χ1n) is 5.77. The average Bonchev–Trinajstić information content (AvgIpc) is 2.46. The maximum absolute atomic E-state index is 5.75. The summed E-state index contributed by atoms with van der Waals surface area (Å²) in [6.07, 6.45) is 3.57. The quantitative estimate of drug-likeness (QED) is 0.895. The van der Waals surface area contributed by atoms with Crippen LogP contribution in [0.3, 0.4) is 0 Å². The van der Waals surface area contributed by atoms with Crippen LogP contribution in [0.2, 0.25) is 0 Å². The van der Waals surface area contributed by atoms with Crippen molar-refractivity contribution in [2.24, 2.45) is 5.73 Å². The van der Waals surface area contributed by atoms with E-state index in [0.717, 1.165) is 22.7 Å². The van der Waals surface area contributed by atoms with Gasteiger partial charge in [-0.25, -0.2) is 0 Å². The van der Waals surface area contributed by atoms with Crippen molar-refractivity contribution in [2.45, 2.75) is 6.54 Å². The van der Waals surface area contributed by atoms with Gasteiger partial charge >= 0.3 is 0 Å². The maximum atomic E-state index is 5.75. The van der Waals surface area contributed by atoms with Crippen LogP contribution in [0.1, 0.15) is 5.56 Å². The fraction of sp³-hybridized carbons (Fsp3) is 0.214. The summed E-state index contributed by atoms with van der Waals surface area (Å²) in [5.74, 6) is 0.826. The molecule has 4 heteroatoms. The van der Waals surface area contributed by atoms with Crippen molar-refractivity contribution < 1.29 is 4.74 Å². The van der Waals surface area contributed by atoms with E-state index in [1.807, 2.05) is 48.5 Å². The standard InChI is InChI=1S/C14H17N3O/c1-17(12-5-3-4-6-14(12)18-2)13-10-16-8-7-11(13)9-15/h3-8,10H,9,15H2,1-2H3. The van der Waals surface area contributed by atoms with Crippen LogP contribution in [0.25, 0.3) is 0 Å². The Balaban J connectivity index is 2.44. The van der Waals surface area contributed by atoms with Crippen LogP contribution in [0.5, 0.6) is 5.75 Å². The highest BCUT2D eigenvalue weighted by Crippen LogP contribution is 2.33. The van der Waals surface area contributed by atoms with Gasteiger partial charge in [-0.3, -0.25) is 4.98 Å². The Morgan fingerprint density at radius 1 is 1.22 bits per heavy atom. The zero-order valence-corrected chi connectivity index (χ0v) is 10.6. The van der Waals surface area contributed by atoms with Gasteiger partial charge in [-0.2, -0.15) is 0 Å². The van der Waals surface area contributed by atoms with Crippen molar-refractivity contribution in [3.8, 4) is 5.75 Å². The minimum Gasteiger partial charge on any atom is -0.495 e. The number of aromatic nitrogens is 1. The number of benzene rings is 1. The van der Waals surface area contributed by atoms with Crippen LogP contribution in [0.4, 0.5) is 11.4 Å². The molecular weight excluding hydrogens is 226 g/mol. The third-order valence-electron chi connectivity index (χ3n) is 2.92. The third kappa shape index (κ3) is 2.28. The molecule has 1 aromatic heterocycles. The van der Waals surface area contributed by atoms with E-state index in [-0.39, 0.29) is 0 Å². The van der Waals surface area contributed by atoms with Gasteiger partial charge < -0.3 is 15.4 Å². The molecule has 0 aliphatic rings. The molecule has 94 valence electrons. The number of hydrogen-bond donors (Lipinski definition) is 1. The van der Waals surface area contributed by atoms with Crippen LogP contribution in [0.15, 0.2) is 42.7 Å². The normalized spacial score (nSPS) is 10.2. The highest BCUT2D eigenvalue weighted by molar-refractivity contribution is 5.70. The highest BCUT2D eigenvalue weighted by atomic mass is 16.5. The number of para-hydroxylation sites is 2. The predicted octanol–water partition coefficient (Wildman–Crippen LogP) is 2.32. The van der Waals surface area contributed by atoms with Gasteiger partial charge in [0.05, 0.1) is 24.7 Å². The van der Waals surface area contributed by atoms with Crippen molar-refractivity contribution in [3.63, 3.8) is 0 Å². The molecule has 0 unspecified atom stereocenters. The minimum atomic E-state index is 0.483. The summed E-state index contributed by atoms with van der Waals surface area (Å²) in [7, 11) is 3.65. The summed E-state index contributed by atoms with van der Waals surface area (Å²) in [6, 6.07) is 9.80. The zero-order chi connectivity index (χ0) is 13.0.